The van der Waals surface area contributed by atoms with E-state index < -0.39 is 0 Å². The van der Waals surface area contributed by atoms with Gasteiger partial charge in [-0.2, -0.15) is 0 Å². The van der Waals surface area contributed by atoms with Crippen LogP contribution in [-0.2, 0) is 9.53 Å². The van der Waals surface area contributed by atoms with Crippen molar-refractivity contribution in [2.75, 3.05) is 25.6 Å². The van der Waals surface area contributed by atoms with Crippen molar-refractivity contribution in [3.63, 3.8) is 0 Å². The van der Waals surface area contributed by atoms with Crippen LogP contribution in [-0.4, -0.2) is 26.2 Å². The monoisotopic (exact) mass is 277 g/mol. The molecule has 20 heavy (non-hydrogen) atoms. The fourth-order valence-electron chi connectivity index (χ4n) is 2.49. The molecule has 0 unspecified atom stereocenters. The first-order valence-corrected chi connectivity index (χ1v) is 7.32. The smallest absolute Gasteiger partial charge is 0.227 e. The predicted molar refractivity (Wildman–Crippen MR) is 79.0 cm³/mol. The summed E-state index contributed by atoms with van der Waals surface area (Å²) in [6.07, 6.45) is 5.64. The Morgan fingerprint density at radius 1 is 1.15 bits per heavy atom. The molecule has 0 spiro atoms. The van der Waals surface area contributed by atoms with Crippen LogP contribution in [0.3, 0.4) is 0 Å². The normalized spacial score (nSPS) is 15.8. The summed E-state index contributed by atoms with van der Waals surface area (Å²) in [5, 5.41) is 2.99. The number of hydrogen-bond donors (Lipinski definition) is 1. The zero-order valence-corrected chi connectivity index (χ0v) is 12.1. The number of amides is 1. The Kier molecular flexibility index (Phi) is 5.87. The van der Waals surface area contributed by atoms with Crippen molar-refractivity contribution in [1.82, 2.24) is 0 Å². The van der Waals surface area contributed by atoms with Crippen LogP contribution in [0.1, 0.15) is 32.1 Å². The average Bonchev–Trinajstić information content (AvgIpc) is 2.50. The third kappa shape index (κ3) is 4.53. The van der Waals surface area contributed by atoms with Gasteiger partial charge < -0.3 is 14.8 Å². The molecule has 1 amide bonds. The van der Waals surface area contributed by atoms with Gasteiger partial charge in [-0.1, -0.05) is 19.3 Å². The molecule has 0 aliphatic heterocycles. The van der Waals surface area contributed by atoms with E-state index in [-0.39, 0.29) is 11.8 Å². The van der Waals surface area contributed by atoms with Crippen LogP contribution >= 0.6 is 0 Å². The molecule has 4 heteroatoms. The van der Waals surface area contributed by atoms with Gasteiger partial charge in [-0.3, -0.25) is 4.79 Å². The third-order valence-corrected chi connectivity index (χ3v) is 3.65. The maximum absolute atomic E-state index is 12.1. The van der Waals surface area contributed by atoms with Crippen LogP contribution < -0.4 is 10.1 Å². The Morgan fingerprint density at radius 3 is 2.50 bits per heavy atom. The number of carbonyl (C=O) groups is 1. The molecule has 0 radical (unpaired) electrons. The molecule has 4 nitrogen and oxygen atoms in total. The molecular formula is C16H23NO3. The summed E-state index contributed by atoms with van der Waals surface area (Å²) in [4.78, 5) is 12.1. The average molecular weight is 277 g/mol. The molecule has 0 bridgehead atoms. The van der Waals surface area contributed by atoms with Crippen molar-refractivity contribution in [3.05, 3.63) is 24.3 Å². The molecule has 2 rings (SSSR count). The SMILES string of the molecule is COCCOc1ccc(NC(=O)C2CCCCC2)cc1. The predicted octanol–water partition coefficient (Wildman–Crippen LogP) is 3.23. The minimum Gasteiger partial charge on any atom is -0.491 e. The second kappa shape index (κ2) is 7.90. The van der Waals surface area contributed by atoms with Gasteiger partial charge in [0.2, 0.25) is 5.91 Å². The summed E-state index contributed by atoms with van der Waals surface area (Å²) >= 11 is 0. The van der Waals surface area contributed by atoms with Crippen molar-refractivity contribution in [3.8, 4) is 5.75 Å². The lowest BCUT2D eigenvalue weighted by atomic mass is 9.88. The van der Waals surface area contributed by atoms with Crippen LogP contribution in [0.15, 0.2) is 24.3 Å². The van der Waals surface area contributed by atoms with Gasteiger partial charge in [0.15, 0.2) is 0 Å². The molecule has 1 aliphatic carbocycles. The van der Waals surface area contributed by atoms with Gasteiger partial charge in [-0.05, 0) is 37.1 Å². The van der Waals surface area contributed by atoms with Gasteiger partial charge in [0.1, 0.15) is 12.4 Å². The Morgan fingerprint density at radius 2 is 1.85 bits per heavy atom. The van der Waals surface area contributed by atoms with Gasteiger partial charge in [0.25, 0.3) is 0 Å². The molecule has 0 heterocycles. The van der Waals surface area contributed by atoms with E-state index >= 15 is 0 Å². The summed E-state index contributed by atoms with van der Waals surface area (Å²) in [6, 6.07) is 7.49. The summed E-state index contributed by atoms with van der Waals surface area (Å²) in [7, 11) is 1.65. The first-order chi connectivity index (χ1) is 9.79. The number of benzene rings is 1. The lowest BCUT2D eigenvalue weighted by Gasteiger charge is -2.20. The van der Waals surface area contributed by atoms with Gasteiger partial charge in [0, 0.05) is 18.7 Å². The van der Waals surface area contributed by atoms with Crippen molar-refractivity contribution < 1.29 is 14.3 Å². The van der Waals surface area contributed by atoms with E-state index in [0.29, 0.717) is 13.2 Å². The summed E-state index contributed by atoms with van der Waals surface area (Å²) in [6.45, 7) is 1.10. The Bertz CT molecular complexity index is 410. The number of nitrogens with one attached hydrogen (secondary N) is 1. The highest BCUT2D eigenvalue weighted by Crippen LogP contribution is 2.25. The van der Waals surface area contributed by atoms with Crippen molar-refractivity contribution in [2.24, 2.45) is 5.92 Å². The van der Waals surface area contributed by atoms with Crippen LogP contribution in [0.5, 0.6) is 5.75 Å². The molecule has 1 N–H and O–H groups in total. The summed E-state index contributed by atoms with van der Waals surface area (Å²) in [5.74, 6) is 1.12. The minimum absolute atomic E-state index is 0.151. The minimum atomic E-state index is 0.151. The molecule has 110 valence electrons. The fourth-order valence-corrected chi connectivity index (χ4v) is 2.49. The lowest BCUT2D eigenvalue weighted by molar-refractivity contribution is -0.120. The van der Waals surface area contributed by atoms with Crippen molar-refractivity contribution in [2.45, 2.75) is 32.1 Å². The maximum Gasteiger partial charge on any atom is 0.227 e. The number of rotatable bonds is 6. The number of methoxy groups -OCH3 is 1. The highest BCUT2D eigenvalue weighted by molar-refractivity contribution is 5.92. The van der Waals surface area contributed by atoms with E-state index in [4.69, 9.17) is 9.47 Å². The van der Waals surface area contributed by atoms with Crippen molar-refractivity contribution in [1.29, 1.82) is 0 Å². The third-order valence-electron chi connectivity index (χ3n) is 3.65. The fraction of sp³-hybridized carbons (Fsp3) is 0.562. The molecule has 1 saturated carbocycles. The molecular weight excluding hydrogens is 254 g/mol. The van der Waals surface area contributed by atoms with Gasteiger partial charge >= 0.3 is 0 Å². The van der Waals surface area contributed by atoms with E-state index in [2.05, 4.69) is 5.32 Å². The van der Waals surface area contributed by atoms with Crippen LogP contribution in [0.4, 0.5) is 5.69 Å². The second-order valence-electron chi connectivity index (χ2n) is 5.19. The number of ether oxygens (including phenoxy) is 2. The molecule has 0 saturated heterocycles. The van der Waals surface area contributed by atoms with E-state index in [1.165, 1.54) is 19.3 Å². The highest BCUT2D eigenvalue weighted by atomic mass is 16.5. The largest absolute Gasteiger partial charge is 0.491 e. The zero-order valence-electron chi connectivity index (χ0n) is 12.1. The molecule has 1 aromatic carbocycles. The number of anilines is 1. The highest BCUT2D eigenvalue weighted by Gasteiger charge is 2.20. The summed E-state index contributed by atoms with van der Waals surface area (Å²) in [5.41, 5.74) is 0.833. The standard InChI is InChI=1S/C16H23NO3/c1-19-11-12-20-15-9-7-14(8-10-15)17-16(18)13-5-3-2-4-6-13/h7-10,13H,2-6,11-12H2,1H3,(H,17,18). The quantitative estimate of drug-likeness (QED) is 0.812. The molecule has 1 fully saturated rings. The molecule has 1 aromatic rings. The molecule has 0 atom stereocenters. The van der Waals surface area contributed by atoms with Gasteiger partial charge in [-0.25, -0.2) is 0 Å². The second-order valence-corrected chi connectivity index (χ2v) is 5.19. The summed E-state index contributed by atoms with van der Waals surface area (Å²) < 4.78 is 10.4. The molecule has 1 aliphatic rings. The van der Waals surface area contributed by atoms with Crippen LogP contribution in [0.2, 0.25) is 0 Å². The van der Waals surface area contributed by atoms with E-state index in [0.717, 1.165) is 24.3 Å². The van der Waals surface area contributed by atoms with E-state index in [9.17, 15) is 4.79 Å². The first-order valence-electron chi connectivity index (χ1n) is 7.32. The number of hydrogen-bond acceptors (Lipinski definition) is 3. The Hall–Kier alpha value is -1.55. The van der Waals surface area contributed by atoms with E-state index in [1.807, 2.05) is 24.3 Å². The lowest BCUT2D eigenvalue weighted by Crippen LogP contribution is -2.24. The van der Waals surface area contributed by atoms with E-state index in [1.54, 1.807) is 7.11 Å². The van der Waals surface area contributed by atoms with Crippen molar-refractivity contribution >= 4 is 11.6 Å². The van der Waals surface area contributed by atoms with Crippen LogP contribution in [0, 0.1) is 5.92 Å². The van der Waals surface area contributed by atoms with Gasteiger partial charge in [-0.15, -0.1) is 0 Å². The first kappa shape index (κ1) is 14.9. The zero-order chi connectivity index (χ0) is 14.2. The topological polar surface area (TPSA) is 47.6 Å². The Labute approximate surface area is 120 Å². The maximum atomic E-state index is 12.1. The van der Waals surface area contributed by atoms with Crippen LogP contribution in [0.25, 0.3) is 0 Å². The molecule has 0 aromatic heterocycles. The Balaban J connectivity index is 1.81. The van der Waals surface area contributed by atoms with Gasteiger partial charge in [0.05, 0.1) is 6.61 Å². The number of carbonyl (C=O) groups excluding carboxylic acids is 1.